The van der Waals surface area contributed by atoms with Crippen LogP contribution in [0.15, 0.2) is 24.3 Å². The van der Waals surface area contributed by atoms with Crippen molar-refractivity contribution >= 4 is 11.6 Å². The molecule has 0 spiro atoms. The minimum Gasteiger partial charge on any atom is -0.396 e. The Bertz CT molecular complexity index is 380. The minimum atomic E-state index is -0.496. The van der Waals surface area contributed by atoms with Gasteiger partial charge in [-0.25, -0.2) is 0 Å². The number of hydrogen-bond donors (Lipinski definition) is 2. The van der Waals surface area contributed by atoms with Crippen LogP contribution in [-0.2, 0) is 0 Å². The fourth-order valence-electron chi connectivity index (χ4n) is 1.94. The summed E-state index contributed by atoms with van der Waals surface area (Å²) < 4.78 is 0. The summed E-state index contributed by atoms with van der Waals surface area (Å²) >= 11 is 6.18. The van der Waals surface area contributed by atoms with Crippen LogP contribution in [0.4, 0.5) is 0 Å². The van der Waals surface area contributed by atoms with E-state index in [0.29, 0.717) is 6.54 Å². The highest BCUT2D eigenvalue weighted by atomic mass is 35.5. The maximum atomic E-state index is 9.33. The molecule has 0 aromatic heterocycles. The Kier molecular flexibility index (Phi) is 5.60. The van der Waals surface area contributed by atoms with Crippen LogP contribution in [0.1, 0.15) is 25.5 Å². The van der Waals surface area contributed by atoms with Gasteiger partial charge in [0.2, 0.25) is 0 Å². The summed E-state index contributed by atoms with van der Waals surface area (Å²) in [5.41, 5.74) is 0.560. The van der Waals surface area contributed by atoms with Crippen molar-refractivity contribution < 1.29 is 10.2 Å². The van der Waals surface area contributed by atoms with Crippen LogP contribution >= 0.6 is 11.6 Å². The SMILES string of the molecule is CC(c1ccccc1Cl)N(C)CC(C)(CO)CO. The van der Waals surface area contributed by atoms with Gasteiger partial charge in [0, 0.05) is 23.0 Å². The third kappa shape index (κ3) is 3.69. The molecule has 1 atom stereocenters. The fraction of sp³-hybridized carbons (Fsp3) is 0.571. The molecular formula is C14H22ClNO2. The molecule has 0 radical (unpaired) electrons. The summed E-state index contributed by atoms with van der Waals surface area (Å²) in [7, 11) is 1.97. The summed E-state index contributed by atoms with van der Waals surface area (Å²) in [5, 5.41) is 19.4. The standard InChI is InChI=1S/C14H22ClNO2/c1-11(12-6-4-5-7-13(12)15)16(3)8-14(2,9-17)10-18/h4-7,11,17-18H,8-10H2,1-3H3. The second-order valence-corrected chi connectivity index (χ2v) is 5.65. The Hall–Kier alpha value is -0.610. The predicted molar refractivity (Wildman–Crippen MR) is 74.8 cm³/mol. The molecule has 0 bridgehead atoms. The van der Waals surface area contributed by atoms with E-state index in [1.165, 1.54) is 0 Å². The number of hydrogen-bond acceptors (Lipinski definition) is 3. The molecule has 0 amide bonds. The summed E-state index contributed by atoms with van der Waals surface area (Å²) in [6.07, 6.45) is 0. The maximum Gasteiger partial charge on any atom is 0.0519 e. The first-order chi connectivity index (χ1) is 8.43. The van der Waals surface area contributed by atoms with Gasteiger partial charge in [-0.2, -0.15) is 0 Å². The molecule has 4 heteroatoms. The Morgan fingerprint density at radius 3 is 2.33 bits per heavy atom. The average Bonchev–Trinajstić information content (AvgIpc) is 2.38. The lowest BCUT2D eigenvalue weighted by atomic mass is 9.91. The van der Waals surface area contributed by atoms with Crippen molar-refractivity contribution in [3.05, 3.63) is 34.9 Å². The van der Waals surface area contributed by atoms with E-state index in [1.807, 2.05) is 38.2 Å². The second kappa shape index (κ2) is 6.53. The molecule has 0 aliphatic rings. The van der Waals surface area contributed by atoms with Crippen molar-refractivity contribution in [1.29, 1.82) is 0 Å². The van der Waals surface area contributed by atoms with Crippen molar-refractivity contribution in [1.82, 2.24) is 4.90 Å². The van der Waals surface area contributed by atoms with E-state index in [-0.39, 0.29) is 19.3 Å². The van der Waals surface area contributed by atoms with E-state index in [9.17, 15) is 10.2 Å². The summed E-state index contributed by atoms with van der Waals surface area (Å²) in [5.74, 6) is 0. The van der Waals surface area contributed by atoms with E-state index in [1.54, 1.807) is 0 Å². The Morgan fingerprint density at radius 2 is 1.83 bits per heavy atom. The topological polar surface area (TPSA) is 43.7 Å². The van der Waals surface area contributed by atoms with Crippen molar-refractivity contribution in [2.45, 2.75) is 19.9 Å². The van der Waals surface area contributed by atoms with E-state index < -0.39 is 5.41 Å². The largest absolute Gasteiger partial charge is 0.396 e. The number of halogens is 1. The molecule has 0 heterocycles. The van der Waals surface area contributed by atoms with Crippen molar-refractivity contribution in [2.24, 2.45) is 5.41 Å². The molecule has 1 rings (SSSR count). The third-order valence-electron chi connectivity index (χ3n) is 3.41. The zero-order valence-corrected chi connectivity index (χ0v) is 12.0. The average molecular weight is 272 g/mol. The summed E-state index contributed by atoms with van der Waals surface area (Å²) in [4.78, 5) is 2.09. The van der Waals surface area contributed by atoms with Crippen LogP contribution in [0.2, 0.25) is 5.02 Å². The highest BCUT2D eigenvalue weighted by Gasteiger charge is 2.27. The van der Waals surface area contributed by atoms with Gasteiger partial charge in [0.1, 0.15) is 0 Å². The Morgan fingerprint density at radius 1 is 1.28 bits per heavy atom. The zero-order chi connectivity index (χ0) is 13.8. The van der Waals surface area contributed by atoms with Crippen LogP contribution < -0.4 is 0 Å². The van der Waals surface area contributed by atoms with Gasteiger partial charge in [0.25, 0.3) is 0 Å². The lowest BCUT2D eigenvalue weighted by Crippen LogP contribution is -2.40. The molecule has 0 aliphatic carbocycles. The quantitative estimate of drug-likeness (QED) is 0.835. The number of benzene rings is 1. The fourth-order valence-corrected chi connectivity index (χ4v) is 2.23. The van der Waals surface area contributed by atoms with Crippen LogP contribution in [0.25, 0.3) is 0 Å². The van der Waals surface area contributed by atoms with Crippen molar-refractivity contribution in [3.8, 4) is 0 Å². The summed E-state index contributed by atoms with van der Waals surface area (Å²) in [6.45, 7) is 4.46. The molecule has 0 fully saturated rings. The van der Waals surface area contributed by atoms with Gasteiger partial charge in [-0.15, -0.1) is 0 Å². The Labute approximate surface area is 114 Å². The van der Waals surface area contributed by atoms with Crippen molar-refractivity contribution in [2.75, 3.05) is 26.8 Å². The normalized spacial score (nSPS) is 13.9. The highest BCUT2D eigenvalue weighted by Crippen LogP contribution is 2.28. The number of rotatable bonds is 6. The van der Waals surface area contributed by atoms with E-state index >= 15 is 0 Å². The van der Waals surface area contributed by atoms with Gasteiger partial charge in [0.05, 0.1) is 13.2 Å². The first-order valence-electron chi connectivity index (χ1n) is 6.10. The predicted octanol–water partition coefficient (Wildman–Crippen LogP) is 2.32. The molecule has 1 aromatic carbocycles. The van der Waals surface area contributed by atoms with Crippen LogP contribution in [0.3, 0.4) is 0 Å². The highest BCUT2D eigenvalue weighted by molar-refractivity contribution is 6.31. The lowest BCUT2D eigenvalue weighted by molar-refractivity contribution is 0.0326. The second-order valence-electron chi connectivity index (χ2n) is 5.24. The van der Waals surface area contributed by atoms with E-state index in [2.05, 4.69) is 11.8 Å². The maximum absolute atomic E-state index is 9.33. The molecule has 18 heavy (non-hydrogen) atoms. The summed E-state index contributed by atoms with van der Waals surface area (Å²) in [6, 6.07) is 7.88. The smallest absolute Gasteiger partial charge is 0.0519 e. The minimum absolute atomic E-state index is 0.0386. The molecule has 0 saturated carbocycles. The molecule has 0 aliphatic heterocycles. The monoisotopic (exact) mass is 271 g/mol. The molecule has 0 saturated heterocycles. The van der Waals surface area contributed by atoms with Crippen molar-refractivity contribution in [3.63, 3.8) is 0 Å². The number of nitrogens with zero attached hydrogens (tertiary/aromatic N) is 1. The van der Waals surface area contributed by atoms with Crippen LogP contribution in [-0.4, -0.2) is 41.9 Å². The number of aliphatic hydroxyl groups is 2. The van der Waals surface area contributed by atoms with E-state index in [0.717, 1.165) is 10.6 Å². The zero-order valence-electron chi connectivity index (χ0n) is 11.2. The van der Waals surface area contributed by atoms with Crippen LogP contribution in [0.5, 0.6) is 0 Å². The lowest BCUT2D eigenvalue weighted by Gasteiger charge is -2.34. The van der Waals surface area contributed by atoms with E-state index in [4.69, 9.17) is 11.6 Å². The molecule has 2 N–H and O–H groups in total. The molecular weight excluding hydrogens is 250 g/mol. The Balaban J connectivity index is 2.79. The molecule has 1 unspecified atom stereocenters. The van der Waals surface area contributed by atoms with Crippen LogP contribution in [0, 0.1) is 5.41 Å². The van der Waals surface area contributed by atoms with Gasteiger partial charge in [-0.1, -0.05) is 36.7 Å². The van der Waals surface area contributed by atoms with Gasteiger partial charge >= 0.3 is 0 Å². The first-order valence-corrected chi connectivity index (χ1v) is 6.48. The molecule has 3 nitrogen and oxygen atoms in total. The number of aliphatic hydroxyl groups excluding tert-OH is 2. The van der Waals surface area contributed by atoms with Gasteiger partial charge in [-0.05, 0) is 25.6 Å². The molecule has 102 valence electrons. The van der Waals surface area contributed by atoms with Gasteiger partial charge in [0.15, 0.2) is 0 Å². The van der Waals surface area contributed by atoms with Gasteiger partial charge < -0.3 is 10.2 Å². The molecule has 1 aromatic rings. The third-order valence-corrected chi connectivity index (χ3v) is 3.76. The van der Waals surface area contributed by atoms with Gasteiger partial charge in [-0.3, -0.25) is 4.90 Å². The first kappa shape index (κ1) is 15.4.